The highest BCUT2D eigenvalue weighted by molar-refractivity contribution is 5.89. The zero-order valence-corrected chi connectivity index (χ0v) is 20.4. The lowest BCUT2D eigenvalue weighted by Gasteiger charge is -2.31. The van der Waals surface area contributed by atoms with Gasteiger partial charge in [0.2, 0.25) is 5.91 Å². The van der Waals surface area contributed by atoms with E-state index in [0.717, 1.165) is 22.0 Å². The highest BCUT2D eigenvalue weighted by Crippen LogP contribution is 2.40. The Morgan fingerprint density at radius 3 is 2.69 bits per heavy atom. The summed E-state index contributed by atoms with van der Waals surface area (Å²) in [6.45, 7) is 7.98. The van der Waals surface area contributed by atoms with Crippen molar-refractivity contribution in [2.24, 2.45) is 0 Å². The first-order valence-corrected chi connectivity index (χ1v) is 12.0. The summed E-state index contributed by atoms with van der Waals surface area (Å²) in [5.41, 5.74) is 2.52. The molecule has 0 saturated carbocycles. The number of ether oxygens (including phenoxy) is 1. The maximum Gasteiger partial charge on any atom is 0.343 e. The van der Waals surface area contributed by atoms with Crippen LogP contribution in [0.1, 0.15) is 56.4 Å². The van der Waals surface area contributed by atoms with Gasteiger partial charge in [0, 0.05) is 36.0 Å². The number of aromatic nitrogens is 2. The van der Waals surface area contributed by atoms with E-state index in [1.54, 1.807) is 24.5 Å². The number of hydrogen-bond donors (Lipinski definition) is 1. The second-order valence-corrected chi connectivity index (χ2v) is 9.59. The van der Waals surface area contributed by atoms with Gasteiger partial charge in [0.25, 0.3) is 5.56 Å². The van der Waals surface area contributed by atoms with Crippen molar-refractivity contribution in [2.75, 3.05) is 6.54 Å². The van der Waals surface area contributed by atoms with E-state index in [9.17, 15) is 19.5 Å². The topological polar surface area (TPSA) is 102 Å². The predicted octanol–water partition coefficient (Wildman–Crippen LogP) is 2.88. The first-order chi connectivity index (χ1) is 16.7. The molecule has 0 aliphatic carbocycles. The number of carbonyl (C=O) groups excluding carboxylic acids is 2. The Labute approximate surface area is 203 Å². The number of rotatable bonds is 5. The van der Waals surface area contributed by atoms with Gasteiger partial charge in [0.15, 0.2) is 5.60 Å². The highest BCUT2D eigenvalue weighted by atomic mass is 16.6. The van der Waals surface area contributed by atoms with E-state index < -0.39 is 11.6 Å². The fraction of sp³-hybridized carbons (Fsp3) is 0.407. The third-order valence-electron chi connectivity index (χ3n) is 7.34. The average Bonchev–Trinajstić information content (AvgIpc) is 3.19. The van der Waals surface area contributed by atoms with E-state index in [1.807, 2.05) is 43.0 Å². The minimum Gasteiger partial charge on any atom is -0.458 e. The van der Waals surface area contributed by atoms with Gasteiger partial charge in [-0.3, -0.25) is 9.59 Å². The summed E-state index contributed by atoms with van der Waals surface area (Å²) in [5, 5.41) is 12.1. The van der Waals surface area contributed by atoms with E-state index in [-0.39, 0.29) is 30.5 Å². The smallest absolute Gasteiger partial charge is 0.343 e. The number of aliphatic hydroxyl groups is 1. The zero-order valence-electron chi connectivity index (χ0n) is 20.4. The molecule has 8 nitrogen and oxygen atoms in total. The molecule has 3 aromatic rings. The minimum absolute atomic E-state index is 0.0192. The average molecular weight is 476 g/mol. The van der Waals surface area contributed by atoms with Gasteiger partial charge in [-0.05, 0) is 44.4 Å². The van der Waals surface area contributed by atoms with Crippen LogP contribution in [0.4, 0.5) is 0 Å². The first-order valence-electron chi connectivity index (χ1n) is 12.0. The van der Waals surface area contributed by atoms with Crippen molar-refractivity contribution < 1.29 is 19.4 Å². The second-order valence-electron chi connectivity index (χ2n) is 9.59. The van der Waals surface area contributed by atoms with Gasteiger partial charge >= 0.3 is 5.97 Å². The van der Waals surface area contributed by atoms with Gasteiger partial charge in [-0.25, -0.2) is 9.78 Å². The molecule has 2 aliphatic rings. The van der Waals surface area contributed by atoms with Crippen LogP contribution in [-0.4, -0.2) is 44.0 Å². The van der Waals surface area contributed by atoms with Crippen LogP contribution in [0.5, 0.6) is 0 Å². The number of pyridine rings is 2. The zero-order chi connectivity index (χ0) is 25.1. The van der Waals surface area contributed by atoms with Crippen molar-refractivity contribution in [3.63, 3.8) is 0 Å². The van der Waals surface area contributed by atoms with Crippen LogP contribution >= 0.6 is 0 Å². The normalized spacial score (nSPS) is 18.3. The summed E-state index contributed by atoms with van der Waals surface area (Å²) in [6, 6.07) is 9.64. The van der Waals surface area contributed by atoms with Crippen molar-refractivity contribution in [1.82, 2.24) is 14.5 Å². The number of cyclic esters (lactones) is 1. The van der Waals surface area contributed by atoms with E-state index in [2.05, 4.69) is 0 Å². The monoisotopic (exact) mass is 475 g/mol. The molecule has 35 heavy (non-hydrogen) atoms. The molecule has 5 rings (SSSR count). The molecular weight excluding hydrogens is 446 g/mol. The van der Waals surface area contributed by atoms with Crippen LogP contribution in [0.15, 0.2) is 35.1 Å². The molecule has 4 heterocycles. The summed E-state index contributed by atoms with van der Waals surface area (Å²) in [5.74, 6) is -0.717. The number of amides is 1. The molecule has 182 valence electrons. The predicted molar refractivity (Wildman–Crippen MR) is 131 cm³/mol. The third-order valence-corrected chi connectivity index (χ3v) is 7.34. The molecule has 0 saturated heterocycles. The lowest BCUT2D eigenvalue weighted by molar-refractivity contribution is -0.172. The fourth-order valence-corrected chi connectivity index (χ4v) is 5.41. The highest BCUT2D eigenvalue weighted by Gasteiger charge is 2.45. The van der Waals surface area contributed by atoms with Gasteiger partial charge in [-0.15, -0.1) is 0 Å². The molecule has 2 aromatic heterocycles. The van der Waals surface area contributed by atoms with Crippen LogP contribution in [-0.2, 0) is 39.5 Å². The van der Waals surface area contributed by atoms with Crippen molar-refractivity contribution >= 4 is 22.8 Å². The Morgan fingerprint density at radius 1 is 1.26 bits per heavy atom. The summed E-state index contributed by atoms with van der Waals surface area (Å²) in [6.07, 6.45) is 0.715. The number of para-hydroxylation sites is 1. The van der Waals surface area contributed by atoms with Crippen molar-refractivity contribution in [3.05, 3.63) is 62.9 Å². The molecule has 1 amide bonds. The van der Waals surface area contributed by atoms with Gasteiger partial charge in [0.1, 0.15) is 6.61 Å². The number of hydrogen-bond acceptors (Lipinski definition) is 6. The molecule has 0 spiro atoms. The number of nitrogens with zero attached hydrogens (tertiary/aromatic N) is 3. The van der Waals surface area contributed by atoms with Crippen LogP contribution in [0.25, 0.3) is 22.3 Å². The van der Waals surface area contributed by atoms with Crippen molar-refractivity contribution in [1.29, 1.82) is 0 Å². The van der Waals surface area contributed by atoms with E-state index in [4.69, 9.17) is 9.72 Å². The minimum atomic E-state index is -1.86. The number of esters is 1. The van der Waals surface area contributed by atoms with Crippen molar-refractivity contribution in [2.45, 2.75) is 65.3 Å². The first kappa shape index (κ1) is 23.2. The largest absolute Gasteiger partial charge is 0.458 e. The summed E-state index contributed by atoms with van der Waals surface area (Å²) < 4.78 is 6.82. The maximum absolute atomic E-state index is 13.5. The number of fused-ring (bicyclic) bond motifs is 5. The van der Waals surface area contributed by atoms with Crippen LogP contribution in [0, 0.1) is 0 Å². The number of carbonyl (C=O) groups is 2. The Kier molecular flexibility index (Phi) is 5.51. The SMILES string of the molecule is CC[C@@]1(O)C(=O)OCc2c1cc1n(c2=O)Cc2c-1nc1ccccc1c2CCN(C(C)=O)C(C)C. The van der Waals surface area contributed by atoms with E-state index in [1.165, 1.54) is 0 Å². The van der Waals surface area contributed by atoms with Crippen molar-refractivity contribution in [3.8, 4) is 11.4 Å². The van der Waals surface area contributed by atoms with Crippen LogP contribution < -0.4 is 5.56 Å². The second kappa shape index (κ2) is 8.30. The molecule has 8 heteroatoms. The van der Waals surface area contributed by atoms with Crippen LogP contribution in [0.2, 0.25) is 0 Å². The maximum atomic E-state index is 13.5. The van der Waals surface area contributed by atoms with Gasteiger partial charge in [-0.2, -0.15) is 0 Å². The van der Waals surface area contributed by atoms with Gasteiger partial charge in [-0.1, -0.05) is 25.1 Å². The Hall–Kier alpha value is -3.52. The molecule has 0 radical (unpaired) electrons. The fourth-order valence-electron chi connectivity index (χ4n) is 5.41. The van der Waals surface area contributed by atoms with Gasteiger partial charge in [0.05, 0.1) is 29.0 Å². The summed E-state index contributed by atoms with van der Waals surface area (Å²) in [7, 11) is 0. The molecule has 1 N–H and O–H groups in total. The molecule has 2 aliphatic heterocycles. The van der Waals surface area contributed by atoms with E-state index >= 15 is 0 Å². The molecule has 0 fully saturated rings. The lowest BCUT2D eigenvalue weighted by Crippen LogP contribution is -2.44. The van der Waals surface area contributed by atoms with E-state index in [0.29, 0.717) is 42.0 Å². The molecule has 1 atom stereocenters. The molecular formula is C27H29N3O5. The van der Waals surface area contributed by atoms with Crippen LogP contribution in [0.3, 0.4) is 0 Å². The van der Waals surface area contributed by atoms with Gasteiger partial charge < -0.3 is 19.3 Å². The standard InChI is InChI=1S/C27H29N3O5/c1-5-27(34)21-12-23-24-19(13-30(23)25(32)20(21)14-35-26(27)33)17(10-11-29(15(2)3)16(4)31)18-8-6-7-9-22(18)28-24/h6-9,12,15,34H,5,10-11,13-14H2,1-4H3/t27-/m0/s1. The lowest BCUT2D eigenvalue weighted by atomic mass is 9.86. The Balaban J connectivity index is 1.70. The molecule has 0 unspecified atom stereocenters. The quantitative estimate of drug-likeness (QED) is 0.446. The molecule has 1 aromatic carbocycles. The number of benzene rings is 1. The Morgan fingerprint density at radius 2 is 2.00 bits per heavy atom. The summed E-state index contributed by atoms with van der Waals surface area (Å²) >= 11 is 0. The Bertz CT molecular complexity index is 1440. The molecule has 0 bridgehead atoms. The summed E-state index contributed by atoms with van der Waals surface area (Å²) in [4.78, 5) is 44.9. The third kappa shape index (κ3) is 3.46.